The number of nitrogens with one attached hydrogen (secondary N) is 1. The summed E-state index contributed by atoms with van der Waals surface area (Å²) in [5.74, 6) is -0.466. The van der Waals surface area contributed by atoms with Gasteiger partial charge in [0.05, 0.1) is 17.5 Å². The van der Waals surface area contributed by atoms with Crippen molar-refractivity contribution < 1.29 is 17.9 Å². The number of carbonyl (C=O) groups is 1. The summed E-state index contributed by atoms with van der Waals surface area (Å²) in [6, 6.07) is 7.92. The highest BCUT2D eigenvalue weighted by Gasteiger charge is 2.44. The van der Waals surface area contributed by atoms with Gasteiger partial charge in [-0.25, -0.2) is 18.6 Å². The Hall–Kier alpha value is -2.12. The van der Waals surface area contributed by atoms with Crippen LogP contribution in [0.5, 0.6) is 0 Å². The Morgan fingerprint density at radius 1 is 1.35 bits per heavy atom. The Balaban J connectivity index is 1.88. The topological polar surface area (TPSA) is 75.7 Å². The van der Waals surface area contributed by atoms with E-state index in [9.17, 15) is 13.2 Å². The third-order valence-electron chi connectivity index (χ3n) is 3.92. The summed E-state index contributed by atoms with van der Waals surface area (Å²) in [4.78, 5) is 12.3. The van der Waals surface area contributed by atoms with Crippen molar-refractivity contribution >= 4 is 15.8 Å². The van der Waals surface area contributed by atoms with Gasteiger partial charge >= 0.3 is 5.97 Å². The fraction of sp³-hybridized carbons (Fsp3) is 0.312. The average molecular weight is 334 g/mol. The molecule has 1 fully saturated rings. The standard InChI is InChI=1S/C16H18N2O4S/c1-2-22-16(19)14-10-6-9-13-15(11-17-18(13)14)23(20,21)12-7-4-3-5-8-12/h3-10,13,15,17H,2,11H2,1H3/t13-,15-/m1/s1. The molecule has 1 aromatic carbocycles. The number of nitrogens with zero attached hydrogens (tertiary/aromatic N) is 1. The molecule has 3 rings (SSSR count). The van der Waals surface area contributed by atoms with Crippen LogP contribution >= 0.6 is 0 Å². The Morgan fingerprint density at radius 3 is 2.78 bits per heavy atom. The minimum atomic E-state index is -3.51. The number of hydrogen-bond donors (Lipinski definition) is 1. The van der Waals surface area contributed by atoms with E-state index < -0.39 is 27.1 Å². The molecule has 2 aliphatic heterocycles. The molecule has 0 aliphatic carbocycles. The summed E-state index contributed by atoms with van der Waals surface area (Å²) in [7, 11) is -3.51. The maximum Gasteiger partial charge on any atom is 0.356 e. The lowest BCUT2D eigenvalue weighted by atomic mass is 10.1. The molecule has 0 saturated carbocycles. The van der Waals surface area contributed by atoms with Crippen LogP contribution in [0.2, 0.25) is 0 Å². The minimum Gasteiger partial charge on any atom is -0.461 e. The predicted octanol–water partition coefficient (Wildman–Crippen LogP) is 1.03. The van der Waals surface area contributed by atoms with E-state index in [4.69, 9.17) is 4.74 Å². The quantitative estimate of drug-likeness (QED) is 0.829. The molecule has 1 N–H and O–H groups in total. The molecule has 0 amide bonds. The molecule has 2 heterocycles. The second-order valence-electron chi connectivity index (χ2n) is 5.28. The van der Waals surface area contributed by atoms with Gasteiger partial charge in [0.15, 0.2) is 9.84 Å². The summed E-state index contributed by atoms with van der Waals surface area (Å²) in [6.07, 6.45) is 5.11. The van der Waals surface area contributed by atoms with Crippen molar-refractivity contribution in [2.75, 3.05) is 13.2 Å². The summed E-state index contributed by atoms with van der Waals surface area (Å²) < 4.78 is 30.7. The third-order valence-corrected chi connectivity index (χ3v) is 6.09. The lowest BCUT2D eigenvalue weighted by Gasteiger charge is -2.29. The predicted molar refractivity (Wildman–Crippen MR) is 84.9 cm³/mol. The minimum absolute atomic E-state index is 0.239. The van der Waals surface area contributed by atoms with Crippen LogP contribution in [0.15, 0.2) is 59.2 Å². The molecule has 0 radical (unpaired) electrons. The largest absolute Gasteiger partial charge is 0.461 e. The summed E-state index contributed by atoms with van der Waals surface area (Å²) in [5, 5.41) is 0.919. The average Bonchev–Trinajstić information content (AvgIpc) is 3.00. The van der Waals surface area contributed by atoms with Crippen molar-refractivity contribution in [2.45, 2.75) is 23.1 Å². The number of esters is 1. The molecule has 2 aliphatic rings. The van der Waals surface area contributed by atoms with Crippen molar-refractivity contribution in [3.8, 4) is 0 Å². The van der Waals surface area contributed by atoms with Crippen LogP contribution in [0.3, 0.4) is 0 Å². The highest BCUT2D eigenvalue weighted by Crippen LogP contribution is 2.29. The Kier molecular flexibility index (Phi) is 4.23. The molecule has 7 heteroatoms. The van der Waals surface area contributed by atoms with Crippen molar-refractivity contribution in [3.05, 3.63) is 54.3 Å². The SMILES string of the molecule is CCOC(=O)C1=CC=C[C@@H]2[C@H](S(=O)(=O)c3ccccc3)CNN12. The number of fused-ring (bicyclic) bond motifs is 1. The molecular weight excluding hydrogens is 316 g/mol. The van der Waals surface area contributed by atoms with Gasteiger partial charge in [-0.2, -0.15) is 0 Å². The van der Waals surface area contributed by atoms with Crippen LogP contribution < -0.4 is 5.43 Å². The van der Waals surface area contributed by atoms with Gasteiger partial charge in [-0.1, -0.05) is 30.4 Å². The number of ether oxygens (including phenoxy) is 1. The molecule has 0 aromatic heterocycles. The fourth-order valence-electron chi connectivity index (χ4n) is 2.83. The summed E-state index contributed by atoms with van der Waals surface area (Å²) >= 11 is 0. The number of hydrazine groups is 1. The molecular formula is C16H18N2O4S. The number of benzene rings is 1. The van der Waals surface area contributed by atoms with Crippen molar-refractivity contribution in [2.24, 2.45) is 0 Å². The van der Waals surface area contributed by atoms with Crippen molar-refractivity contribution in [1.82, 2.24) is 10.4 Å². The van der Waals surface area contributed by atoms with Crippen LogP contribution in [0.1, 0.15) is 6.92 Å². The lowest BCUT2D eigenvalue weighted by Crippen LogP contribution is -2.43. The van der Waals surface area contributed by atoms with Crippen LogP contribution in [0.25, 0.3) is 0 Å². The first-order valence-corrected chi connectivity index (χ1v) is 8.97. The number of rotatable bonds is 4. The van der Waals surface area contributed by atoms with Gasteiger partial charge in [0.1, 0.15) is 10.9 Å². The summed E-state index contributed by atoms with van der Waals surface area (Å²) in [5.41, 5.74) is 3.33. The Labute approximate surface area is 135 Å². The zero-order valence-corrected chi connectivity index (χ0v) is 13.5. The Bertz CT molecular complexity index is 756. The van der Waals surface area contributed by atoms with Crippen LogP contribution in [0.4, 0.5) is 0 Å². The molecule has 0 unspecified atom stereocenters. The smallest absolute Gasteiger partial charge is 0.356 e. The molecule has 6 nitrogen and oxygen atoms in total. The van der Waals surface area contributed by atoms with E-state index in [0.717, 1.165) is 0 Å². The van der Waals surface area contributed by atoms with Gasteiger partial charge in [-0.15, -0.1) is 0 Å². The van der Waals surface area contributed by atoms with E-state index in [-0.39, 0.29) is 18.0 Å². The Morgan fingerprint density at radius 2 is 2.09 bits per heavy atom. The molecule has 122 valence electrons. The molecule has 1 saturated heterocycles. The molecule has 1 aromatic rings. The van der Waals surface area contributed by atoms with Crippen LogP contribution in [-0.4, -0.2) is 43.8 Å². The normalized spacial score (nSPS) is 23.3. The zero-order valence-electron chi connectivity index (χ0n) is 12.7. The van der Waals surface area contributed by atoms with Gasteiger partial charge in [0.2, 0.25) is 0 Å². The second kappa shape index (κ2) is 6.17. The van der Waals surface area contributed by atoms with Crippen molar-refractivity contribution in [1.29, 1.82) is 0 Å². The first kappa shape index (κ1) is 15.8. The van der Waals surface area contributed by atoms with Gasteiger partial charge in [-0.3, -0.25) is 5.01 Å². The highest BCUT2D eigenvalue weighted by molar-refractivity contribution is 7.92. The van der Waals surface area contributed by atoms with E-state index in [0.29, 0.717) is 5.70 Å². The number of hydrogen-bond acceptors (Lipinski definition) is 6. The maximum atomic E-state index is 12.9. The maximum absolute atomic E-state index is 12.9. The van der Waals surface area contributed by atoms with E-state index in [1.165, 1.54) is 0 Å². The van der Waals surface area contributed by atoms with Gasteiger partial charge in [0, 0.05) is 6.54 Å². The van der Waals surface area contributed by atoms with Crippen molar-refractivity contribution in [3.63, 3.8) is 0 Å². The number of sulfone groups is 1. The highest BCUT2D eigenvalue weighted by atomic mass is 32.2. The first-order chi connectivity index (χ1) is 11.1. The van der Waals surface area contributed by atoms with E-state index >= 15 is 0 Å². The third kappa shape index (κ3) is 2.77. The van der Waals surface area contributed by atoms with Crippen LogP contribution in [-0.2, 0) is 19.4 Å². The van der Waals surface area contributed by atoms with Crippen LogP contribution in [0, 0.1) is 0 Å². The lowest BCUT2D eigenvalue weighted by molar-refractivity contribution is -0.140. The van der Waals surface area contributed by atoms with E-state index in [1.807, 2.05) is 0 Å². The molecule has 0 bridgehead atoms. The molecule has 2 atom stereocenters. The first-order valence-electron chi connectivity index (χ1n) is 7.43. The van der Waals surface area contributed by atoms with Gasteiger partial charge < -0.3 is 4.74 Å². The van der Waals surface area contributed by atoms with E-state index in [2.05, 4.69) is 5.43 Å². The second-order valence-corrected chi connectivity index (χ2v) is 7.44. The van der Waals surface area contributed by atoms with Gasteiger partial charge in [-0.05, 0) is 25.1 Å². The molecule has 0 spiro atoms. The molecule has 23 heavy (non-hydrogen) atoms. The van der Waals surface area contributed by atoms with Gasteiger partial charge in [0.25, 0.3) is 0 Å². The number of carbonyl (C=O) groups excluding carboxylic acids is 1. The number of allylic oxidation sites excluding steroid dienone is 2. The zero-order chi connectivity index (χ0) is 16.4. The summed E-state index contributed by atoms with van der Waals surface area (Å²) in [6.45, 7) is 2.24. The monoisotopic (exact) mass is 334 g/mol. The van der Waals surface area contributed by atoms with E-state index in [1.54, 1.807) is 60.5 Å². The fourth-order valence-corrected chi connectivity index (χ4v) is 4.59.